The van der Waals surface area contributed by atoms with Crippen LogP contribution in [-0.2, 0) is 38.4 Å². The van der Waals surface area contributed by atoms with Crippen molar-refractivity contribution in [3.63, 3.8) is 0 Å². The first-order chi connectivity index (χ1) is 24.0. The zero-order chi connectivity index (χ0) is 40.5. The fourth-order valence-electron chi connectivity index (χ4n) is 5.07. The van der Waals surface area contributed by atoms with Crippen LogP contribution in [0.4, 0.5) is 0 Å². The normalized spacial score (nSPS) is 16.5. The summed E-state index contributed by atoms with van der Waals surface area (Å²) in [5, 5.41) is 18.4. The van der Waals surface area contributed by atoms with E-state index in [-0.39, 0.29) is 36.5 Å². The molecule has 9 N–H and O–H groups in total. The summed E-state index contributed by atoms with van der Waals surface area (Å²) in [4.78, 5) is 103. The van der Waals surface area contributed by atoms with Crippen LogP contribution in [0.2, 0.25) is 0 Å². The van der Waals surface area contributed by atoms with Gasteiger partial charge in [-0.15, -0.1) is 0 Å². The van der Waals surface area contributed by atoms with Gasteiger partial charge in [0.2, 0.25) is 41.4 Å². The standard InChI is InChI=1S/C36H66N8O8/c1-13-21(8)29(44-30(46)23(10)37)36(52)43-27(15-19(4)5)34(50)40-24(11)31(47)39-25(12)32(48)41-28(16-20(6)7)35(51)42-26(14-18(2)3)33(49)38-22(9)17-45/h17-29H,13-16,37H2,1-12H3,(H,38,49)(H,39,47)(H,40,50)(H,41,48)(H,42,51)(H,43,52)(H,44,46)/t21-,22-,23-,24-,25-,26-,27-,28-,29-/m0/s1. The van der Waals surface area contributed by atoms with Crippen molar-refractivity contribution in [2.75, 3.05) is 0 Å². The number of nitrogens with two attached hydrogens (primary N) is 1. The second kappa shape index (κ2) is 23.5. The molecule has 0 radical (unpaired) electrons. The molecule has 16 nitrogen and oxygen atoms in total. The average Bonchev–Trinajstić information content (AvgIpc) is 3.04. The van der Waals surface area contributed by atoms with Crippen LogP contribution in [0.25, 0.3) is 0 Å². The van der Waals surface area contributed by atoms with Crippen LogP contribution < -0.4 is 43.0 Å². The minimum Gasteiger partial charge on any atom is -0.345 e. The van der Waals surface area contributed by atoms with E-state index in [9.17, 15) is 38.4 Å². The highest BCUT2D eigenvalue weighted by Crippen LogP contribution is 2.12. The zero-order valence-electron chi connectivity index (χ0n) is 33.2. The van der Waals surface area contributed by atoms with Gasteiger partial charge in [0, 0.05) is 0 Å². The maximum absolute atomic E-state index is 13.4. The van der Waals surface area contributed by atoms with Crippen LogP contribution >= 0.6 is 0 Å². The van der Waals surface area contributed by atoms with Gasteiger partial charge in [-0.25, -0.2) is 0 Å². The third-order valence-corrected chi connectivity index (χ3v) is 8.31. The Balaban J connectivity index is 5.71. The van der Waals surface area contributed by atoms with Gasteiger partial charge in [-0.05, 0) is 70.6 Å². The lowest BCUT2D eigenvalue weighted by molar-refractivity contribution is -0.135. The summed E-state index contributed by atoms with van der Waals surface area (Å²) >= 11 is 0. The Labute approximate surface area is 309 Å². The van der Waals surface area contributed by atoms with Crippen LogP contribution in [0.15, 0.2) is 0 Å². The first-order valence-corrected chi connectivity index (χ1v) is 18.4. The molecule has 0 aliphatic carbocycles. The largest absolute Gasteiger partial charge is 0.345 e. The van der Waals surface area contributed by atoms with Crippen LogP contribution in [0, 0.1) is 23.7 Å². The Bertz CT molecular complexity index is 1220. The molecule has 0 saturated carbocycles. The molecule has 0 rings (SSSR count). The number of aldehydes is 1. The smallest absolute Gasteiger partial charge is 0.243 e. The minimum atomic E-state index is -1.12. The van der Waals surface area contributed by atoms with Crippen LogP contribution in [-0.4, -0.2) is 96.0 Å². The molecular weight excluding hydrogens is 672 g/mol. The molecule has 9 atom stereocenters. The van der Waals surface area contributed by atoms with E-state index < -0.39 is 89.7 Å². The number of amides is 7. The molecular formula is C36H66N8O8. The van der Waals surface area contributed by atoms with Crippen molar-refractivity contribution in [1.29, 1.82) is 0 Å². The average molecular weight is 739 g/mol. The van der Waals surface area contributed by atoms with Crippen molar-refractivity contribution in [2.24, 2.45) is 29.4 Å². The van der Waals surface area contributed by atoms with E-state index in [2.05, 4.69) is 37.2 Å². The molecule has 52 heavy (non-hydrogen) atoms. The molecule has 7 amide bonds. The first kappa shape index (κ1) is 47.9. The first-order valence-electron chi connectivity index (χ1n) is 18.4. The summed E-state index contributed by atoms with van der Waals surface area (Å²) in [6.45, 7) is 20.8. The molecule has 16 heteroatoms. The Morgan fingerprint density at radius 2 is 0.827 bits per heavy atom. The van der Waals surface area contributed by atoms with Gasteiger partial charge in [0.1, 0.15) is 42.5 Å². The van der Waals surface area contributed by atoms with Gasteiger partial charge in [-0.1, -0.05) is 61.8 Å². The van der Waals surface area contributed by atoms with Crippen molar-refractivity contribution in [3.05, 3.63) is 0 Å². The van der Waals surface area contributed by atoms with Gasteiger partial charge in [0.15, 0.2) is 0 Å². The molecule has 0 aromatic heterocycles. The summed E-state index contributed by atoms with van der Waals surface area (Å²) in [6, 6.07) is -7.75. The number of rotatable bonds is 23. The Morgan fingerprint density at radius 3 is 1.21 bits per heavy atom. The molecule has 298 valence electrons. The highest BCUT2D eigenvalue weighted by Gasteiger charge is 2.33. The van der Waals surface area contributed by atoms with Gasteiger partial charge < -0.3 is 47.7 Å². The summed E-state index contributed by atoms with van der Waals surface area (Å²) in [6.07, 6.45) is 1.93. The van der Waals surface area contributed by atoms with Gasteiger partial charge in [0.25, 0.3) is 0 Å². The maximum Gasteiger partial charge on any atom is 0.243 e. The monoisotopic (exact) mass is 739 g/mol. The fourth-order valence-corrected chi connectivity index (χ4v) is 5.07. The SMILES string of the molecule is CC[C@H](C)[C@H](NC(=O)[C@H](C)N)C(=O)N[C@@H](CC(C)C)C(=O)N[C@@H](C)C(=O)N[C@@H](C)C(=O)N[C@@H](CC(C)C)C(=O)N[C@@H](CC(C)C)C(=O)N[C@@H](C)C=O. The van der Waals surface area contributed by atoms with Crippen LogP contribution in [0.3, 0.4) is 0 Å². The Morgan fingerprint density at radius 1 is 0.481 bits per heavy atom. The van der Waals surface area contributed by atoms with E-state index in [0.29, 0.717) is 19.1 Å². The van der Waals surface area contributed by atoms with E-state index in [1.807, 2.05) is 48.5 Å². The number of carbonyl (C=O) groups excluding carboxylic acids is 8. The molecule has 0 aromatic carbocycles. The number of hydrogen-bond acceptors (Lipinski definition) is 9. The molecule has 0 fully saturated rings. The maximum atomic E-state index is 13.4. The number of nitrogens with one attached hydrogen (secondary N) is 7. The summed E-state index contributed by atoms with van der Waals surface area (Å²) in [5.74, 6) is -4.42. The lowest BCUT2D eigenvalue weighted by Gasteiger charge is -2.28. The lowest BCUT2D eigenvalue weighted by atomic mass is 9.96. The van der Waals surface area contributed by atoms with E-state index in [1.165, 1.54) is 27.7 Å². The quantitative estimate of drug-likeness (QED) is 0.0665. The Kier molecular flexibility index (Phi) is 21.6. The van der Waals surface area contributed by atoms with E-state index in [1.54, 1.807) is 6.92 Å². The molecule has 0 heterocycles. The summed E-state index contributed by atoms with van der Waals surface area (Å²) in [5.41, 5.74) is 5.68. The molecule has 0 saturated heterocycles. The molecule has 0 unspecified atom stereocenters. The van der Waals surface area contributed by atoms with Crippen molar-refractivity contribution in [1.82, 2.24) is 37.2 Å². The van der Waals surface area contributed by atoms with Crippen molar-refractivity contribution >= 4 is 47.6 Å². The Hall–Kier alpha value is -4.08. The van der Waals surface area contributed by atoms with Gasteiger partial charge in [-0.3, -0.25) is 33.6 Å². The van der Waals surface area contributed by atoms with E-state index in [0.717, 1.165) is 0 Å². The second-order valence-electron chi connectivity index (χ2n) is 15.1. The fraction of sp³-hybridized carbons (Fsp3) is 0.778. The molecule has 0 spiro atoms. The highest BCUT2D eigenvalue weighted by molar-refractivity contribution is 5.97. The second-order valence-corrected chi connectivity index (χ2v) is 15.1. The third kappa shape index (κ3) is 17.9. The lowest BCUT2D eigenvalue weighted by Crippen LogP contribution is -2.60. The predicted octanol–water partition coefficient (Wildman–Crippen LogP) is 0.170. The van der Waals surface area contributed by atoms with Crippen LogP contribution in [0.5, 0.6) is 0 Å². The number of carbonyl (C=O) groups is 8. The zero-order valence-corrected chi connectivity index (χ0v) is 33.2. The number of hydrogen-bond donors (Lipinski definition) is 8. The predicted molar refractivity (Wildman–Crippen MR) is 198 cm³/mol. The summed E-state index contributed by atoms with van der Waals surface area (Å²) in [7, 11) is 0. The van der Waals surface area contributed by atoms with Crippen LogP contribution in [0.1, 0.15) is 109 Å². The third-order valence-electron chi connectivity index (χ3n) is 8.31. The summed E-state index contributed by atoms with van der Waals surface area (Å²) < 4.78 is 0. The van der Waals surface area contributed by atoms with Crippen molar-refractivity contribution in [3.8, 4) is 0 Å². The minimum absolute atomic E-state index is 0.0180. The van der Waals surface area contributed by atoms with Gasteiger partial charge >= 0.3 is 0 Å². The molecule has 0 aliphatic heterocycles. The van der Waals surface area contributed by atoms with Crippen molar-refractivity contribution < 1.29 is 38.4 Å². The van der Waals surface area contributed by atoms with Gasteiger partial charge in [-0.2, -0.15) is 0 Å². The van der Waals surface area contributed by atoms with Gasteiger partial charge in [0.05, 0.1) is 12.1 Å². The molecule has 0 bridgehead atoms. The highest BCUT2D eigenvalue weighted by atomic mass is 16.2. The van der Waals surface area contributed by atoms with Crippen molar-refractivity contribution in [2.45, 2.75) is 157 Å². The van der Waals surface area contributed by atoms with E-state index in [4.69, 9.17) is 5.73 Å². The molecule has 0 aromatic rings. The molecule has 0 aliphatic rings. The van der Waals surface area contributed by atoms with E-state index >= 15 is 0 Å². The topological polar surface area (TPSA) is 247 Å².